The Morgan fingerprint density at radius 2 is 1.68 bits per heavy atom. The molecule has 0 saturated heterocycles. The van der Waals surface area contributed by atoms with E-state index in [9.17, 15) is 10.1 Å². The number of amides is 1. The average Bonchev–Trinajstić information content (AvgIpc) is 2.27. The molecule has 1 N–H and O–H groups in total. The van der Waals surface area contributed by atoms with Crippen LogP contribution >= 0.6 is 0 Å². The SMILES string of the molecule is CC(C)(C)OC(=O)NC1(C(C)(C)C#N)CCCCC1. The van der Waals surface area contributed by atoms with Gasteiger partial charge in [0.25, 0.3) is 0 Å². The Balaban J connectivity index is 2.88. The van der Waals surface area contributed by atoms with Crippen molar-refractivity contribution in [3.05, 3.63) is 0 Å². The molecule has 108 valence electrons. The van der Waals surface area contributed by atoms with Gasteiger partial charge in [-0.1, -0.05) is 19.3 Å². The second kappa shape index (κ2) is 5.40. The molecule has 19 heavy (non-hydrogen) atoms. The van der Waals surface area contributed by atoms with Crippen LogP contribution in [0.5, 0.6) is 0 Å². The van der Waals surface area contributed by atoms with Crippen molar-refractivity contribution in [2.24, 2.45) is 5.41 Å². The lowest BCUT2D eigenvalue weighted by atomic mass is 9.65. The third-order valence-electron chi connectivity index (χ3n) is 3.92. The number of nitriles is 1. The average molecular weight is 266 g/mol. The van der Waals surface area contributed by atoms with Crippen molar-refractivity contribution < 1.29 is 9.53 Å². The summed E-state index contributed by atoms with van der Waals surface area (Å²) >= 11 is 0. The summed E-state index contributed by atoms with van der Waals surface area (Å²) in [6.07, 6.45) is 4.51. The summed E-state index contributed by atoms with van der Waals surface area (Å²) in [6, 6.07) is 2.35. The summed E-state index contributed by atoms with van der Waals surface area (Å²) in [4.78, 5) is 12.1. The van der Waals surface area contributed by atoms with Crippen molar-refractivity contribution in [2.75, 3.05) is 0 Å². The molecule has 1 fully saturated rings. The van der Waals surface area contributed by atoms with Gasteiger partial charge >= 0.3 is 6.09 Å². The highest BCUT2D eigenvalue weighted by Gasteiger charge is 2.47. The van der Waals surface area contributed by atoms with E-state index in [4.69, 9.17) is 4.74 Å². The minimum absolute atomic E-state index is 0.419. The summed E-state index contributed by atoms with van der Waals surface area (Å²) in [5.74, 6) is 0. The van der Waals surface area contributed by atoms with Crippen molar-refractivity contribution in [2.45, 2.75) is 77.9 Å². The van der Waals surface area contributed by atoms with Crippen LogP contribution < -0.4 is 5.32 Å². The van der Waals surface area contributed by atoms with E-state index in [1.54, 1.807) is 0 Å². The van der Waals surface area contributed by atoms with Gasteiger partial charge in [0.15, 0.2) is 0 Å². The van der Waals surface area contributed by atoms with Crippen molar-refractivity contribution in [1.29, 1.82) is 5.26 Å². The number of alkyl carbamates (subject to hydrolysis) is 1. The van der Waals surface area contributed by atoms with E-state index in [2.05, 4.69) is 11.4 Å². The summed E-state index contributed by atoms with van der Waals surface area (Å²) in [7, 11) is 0. The maximum Gasteiger partial charge on any atom is 0.408 e. The number of nitrogens with zero attached hydrogens (tertiary/aromatic N) is 1. The molecular formula is C15H26N2O2. The molecule has 1 aliphatic rings. The highest BCUT2D eigenvalue weighted by molar-refractivity contribution is 5.69. The molecule has 0 bridgehead atoms. The summed E-state index contributed by atoms with van der Waals surface area (Å²) in [6.45, 7) is 9.33. The highest BCUT2D eigenvalue weighted by Crippen LogP contribution is 2.42. The molecule has 0 unspecified atom stereocenters. The second-order valence-electron chi connectivity index (χ2n) is 7.01. The predicted molar refractivity (Wildman–Crippen MR) is 74.6 cm³/mol. The number of carbonyl (C=O) groups is 1. The topological polar surface area (TPSA) is 62.1 Å². The van der Waals surface area contributed by atoms with Crippen LogP contribution in [0.25, 0.3) is 0 Å². The zero-order chi connectivity index (χ0) is 14.7. The number of hydrogen-bond acceptors (Lipinski definition) is 3. The minimum Gasteiger partial charge on any atom is -0.444 e. The first kappa shape index (κ1) is 15.8. The van der Waals surface area contributed by atoms with Crippen LogP contribution in [0, 0.1) is 16.7 Å². The van der Waals surface area contributed by atoms with E-state index in [0.29, 0.717) is 0 Å². The number of carbonyl (C=O) groups excluding carboxylic acids is 1. The maximum absolute atomic E-state index is 12.1. The Bertz CT molecular complexity index is 369. The Kier molecular flexibility index (Phi) is 4.50. The van der Waals surface area contributed by atoms with Gasteiger partial charge in [-0.15, -0.1) is 0 Å². The van der Waals surface area contributed by atoms with Crippen LogP contribution in [0.1, 0.15) is 66.7 Å². The molecule has 0 heterocycles. The van der Waals surface area contributed by atoms with E-state index >= 15 is 0 Å². The summed E-state index contributed by atoms with van der Waals surface area (Å²) in [5, 5.41) is 12.4. The van der Waals surface area contributed by atoms with Crippen LogP contribution in [0.15, 0.2) is 0 Å². The Morgan fingerprint density at radius 1 is 1.16 bits per heavy atom. The molecule has 4 nitrogen and oxygen atoms in total. The van der Waals surface area contributed by atoms with Gasteiger partial charge in [0.1, 0.15) is 5.60 Å². The number of ether oxygens (including phenoxy) is 1. The zero-order valence-corrected chi connectivity index (χ0v) is 12.8. The lowest BCUT2D eigenvalue weighted by Gasteiger charge is -2.46. The molecule has 0 radical (unpaired) electrons. The fourth-order valence-electron chi connectivity index (χ4n) is 2.67. The first-order chi connectivity index (χ1) is 8.62. The van der Waals surface area contributed by atoms with E-state index in [0.717, 1.165) is 25.7 Å². The van der Waals surface area contributed by atoms with Crippen LogP contribution in [0.4, 0.5) is 4.79 Å². The monoisotopic (exact) mass is 266 g/mol. The van der Waals surface area contributed by atoms with Gasteiger partial charge in [0.2, 0.25) is 0 Å². The molecule has 0 atom stereocenters. The van der Waals surface area contributed by atoms with Gasteiger partial charge in [-0.2, -0.15) is 5.26 Å². The lowest BCUT2D eigenvalue weighted by molar-refractivity contribution is 0.0306. The second-order valence-corrected chi connectivity index (χ2v) is 7.01. The standard InChI is InChI=1S/C15H26N2O2/c1-13(2,3)19-12(18)17-15(14(4,5)11-16)9-7-6-8-10-15/h6-10H2,1-5H3,(H,17,18). The van der Waals surface area contributed by atoms with Gasteiger partial charge in [-0.3, -0.25) is 0 Å². The fraction of sp³-hybridized carbons (Fsp3) is 0.867. The van der Waals surface area contributed by atoms with E-state index < -0.39 is 22.6 Å². The molecule has 1 rings (SSSR count). The van der Waals surface area contributed by atoms with Gasteiger partial charge in [0.05, 0.1) is 17.0 Å². The normalized spacial score (nSPS) is 19.4. The van der Waals surface area contributed by atoms with Gasteiger partial charge < -0.3 is 10.1 Å². The van der Waals surface area contributed by atoms with Gasteiger partial charge in [-0.25, -0.2) is 4.79 Å². The summed E-state index contributed by atoms with van der Waals surface area (Å²) < 4.78 is 5.35. The predicted octanol–water partition coefficient (Wildman–Crippen LogP) is 3.76. The molecular weight excluding hydrogens is 240 g/mol. The van der Waals surface area contributed by atoms with Gasteiger partial charge in [0, 0.05) is 0 Å². The third-order valence-corrected chi connectivity index (χ3v) is 3.92. The third kappa shape index (κ3) is 3.86. The largest absolute Gasteiger partial charge is 0.444 e. The van der Waals surface area contributed by atoms with Crippen molar-refractivity contribution >= 4 is 6.09 Å². The van der Waals surface area contributed by atoms with Crippen LogP contribution in [0.2, 0.25) is 0 Å². The maximum atomic E-state index is 12.1. The molecule has 1 saturated carbocycles. The molecule has 0 aliphatic heterocycles. The Hall–Kier alpha value is -1.24. The summed E-state index contributed by atoms with van der Waals surface area (Å²) in [5.41, 5.74) is -1.58. The van der Waals surface area contributed by atoms with E-state index in [1.165, 1.54) is 6.42 Å². The number of hydrogen-bond donors (Lipinski definition) is 1. The first-order valence-corrected chi connectivity index (χ1v) is 7.04. The molecule has 1 amide bonds. The molecule has 4 heteroatoms. The van der Waals surface area contributed by atoms with Crippen molar-refractivity contribution in [3.8, 4) is 6.07 Å². The minimum atomic E-state index is -0.593. The molecule has 0 aromatic rings. The molecule has 0 spiro atoms. The van der Waals surface area contributed by atoms with Crippen molar-refractivity contribution in [3.63, 3.8) is 0 Å². The van der Waals surface area contributed by atoms with E-state index in [-0.39, 0.29) is 0 Å². The highest BCUT2D eigenvalue weighted by atomic mass is 16.6. The Morgan fingerprint density at radius 3 is 2.11 bits per heavy atom. The molecule has 0 aromatic heterocycles. The van der Waals surface area contributed by atoms with E-state index in [1.807, 2.05) is 34.6 Å². The molecule has 1 aliphatic carbocycles. The quantitative estimate of drug-likeness (QED) is 0.827. The van der Waals surface area contributed by atoms with Crippen molar-refractivity contribution in [1.82, 2.24) is 5.32 Å². The first-order valence-electron chi connectivity index (χ1n) is 7.04. The zero-order valence-electron chi connectivity index (χ0n) is 12.8. The number of nitrogens with one attached hydrogen (secondary N) is 1. The molecule has 0 aromatic carbocycles. The number of rotatable bonds is 2. The van der Waals surface area contributed by atoms with Crippen LogP contribution in [0.3, 0.4) is 0 Å². The Labute approximate surface area is 116 Å². The van der Waals surface area contributed by atoms with Gasteiger partial charge in [-0.05, 0) is 47.5 Å². The smallest absolute Gasteiger partial charge is 0.408 e. The fourth-order valence-corrected chi connectivity index (χ4v) is 2.67. The van der Waals surface area contributed by atoms with Crippen LogP contribution in [-0.2, 0) is 4.74 Å². The lowest BCUT2D eigenvalue weighted by Crippen LogP contribution is -2.59. The van der Waals surface area contributed by atoms with Crippen LogP contribution in [-0.4, -0.2) is 17.2 Å².